The Bertz CT molecular complexity index is 1050. The summed E-state index contributed by atoms with van der Waals surface area (Å²) in [7, 11) is 0. The van der Waals surface area contributed by atoms with Gasteiger partial charge in [0.1, 0.15) is 22.2 Å². The molecule has 31 heavy (non-hydrogen) atoms. The first-order valence-electron chi connectivity index (χ1n) is 10.6. The molecule has 4 rings (SSSR count). The van der Waals surface area contributed by atoms with Gasteiger partial charge in [0.2, 0.25) is 5.91 Å². The zero-order valence-corrected chi connectivity index (χ0v) is 18.9. The Morgan fingerprint density at radius 1 is 1.32 bits per heavy atom. The second-order valence-electron chi connectivity index (χ2n) is 7.81. The molecule has 1 aliphatic rings. The van der Waals surface area contributed by atoms with Gasteiger partial charge < -0.3 is 14.7 Å². The maximum absolute atomic E-state index is 12.8. The minimum absolute atomic E-state index is 0.0490. The van der Waals surface area contributed by atoms with Gasteiger partial charge in [-0.05, 0) is 33.1 Å². The Balaban J connectivity index is 1.49. The van der Waals surface area contributed by atoms with Gasteiger partial charge in [0.25, 0.3) is 5.89 Å². The number of piperidine rings is 1. The molecule has 0 radical (unpaired) electrons. The van der Waals surface area contributed by atoms with Gasteiger partial charge in [-0.2, -0.15) is 4.98 Å². The van der Waals surface area contributed by atoms with Crippen LogP contribution in [-0.2, 0) is 17.8 Å². The van der Waals surface area contributed by atoms with Crippen molar-refractivity contribution in [1.29, 1.82) is 0 Å². The number of thiazole rings is 1. The van der Waals surface area contributed by atoms with E-state index in [0.717, 1.165) is 48.7 Å². The molecule has 0 spiro atoms. The number of nitrogens with zero attached hydrogens (tertiary/aromatic N) is 6. The monoisotopic (exact) mass is 441 g/mol. The first-order chi connectivity index (χ1) is 15.0. The Labute approximate surface area is 185 Å². The minimum Gasteiger partial charge on any atom is -0.355 e. The van der Waals surface area contributed by atoms with Gasteiger partial charge in [0.15, 0.2) is 5.82 Å². The summed E-state index contributed by atoms with van der Waals surface area (Å²) in [6.07, 6.45) is 5.19. The van der Waals surface area contributed by atoms with Crippen LogP contribution in [0.2, 0.25) is 0 Å². The van der Waals surface area contributed by atoms with Crippen LogP contribution in [0.5, 0.6) is 0 Å². The Hall–Kier alpha value is -2.88. The number of carbonyl (C=O) groups is 1. The number of aryl methyl sites for hydroxylation is 3. The molecule has 0 aromatic carbocycles. The van der Waals surface area contributed by atoms with Crippen molar-refractivity contribution in [3.8, 4) is 11.5 Å². The highest BCUT2D eigenvalue weighted by atomic mass is 32.1. The van der Waals surface area contributed by atoms with E-state index in [4.69, 9.17) is 4.52 Å². The Kier molecular flexibility index (Phi) is 6.55. The molecule has 1 fully saturated rings. The fourth-order valence-electron chi connectivity index (χ4n) is 3.71. The fraction of sp³-hybridized carbons (Fsp3) is 0.524. The molecule has 1 aliphatic heterocycles. The molecular weight excluding hydrogens is 414 g/mol. The lowest BCUT2D eigenvalue weighted by Crippen LogP contribution is -2.43. The van der Waals surface area contributed by atoms with Crippen LogP contribution in [0.3, 0.4) is 0 Å². The quantitative estimate of drug-likeness (QED) is 0.596. The second kappa shape index (κ2) is 9.51. The molecule has 4 heterocycles. The number of nitrogens with one attached hydrogen (secondary N) is 1. The molecule has 1 amide bonds. The molecule has 0 bridgehead atoms. The zero-order chi connectivity index (χ0) is 21.8. The first-order valence-corrected chi connectivity index (χ1v) is 11.5. The van der Waals surface area contributed by atoms with Gasteiger partial charge in [-0.3, -0.25) is 4.79 Å². The van der Waals surface area contributed by atoms with E-state index in [9.17, 15) is 4.79 Å². The van der Waals surface area contributed by atoms with Crippen molar-refractivity contribution in [3.63, 3.8) is 0 Å². The van der Waals surface area contributed by atoms with Crippen molar-refractivity contribution in [2.75, 3.05) is 18.0 Å². The first kappa shape index (κ1) is 21.4. The van der Waals surface area contributed by atoms with Crippen LogP contribution in [0.4, 0.5) is 5.82 Å². The predicted octanol–water partition coefficient (Wildman–Crippen LogP) is 3.09. The van der Waals surface area contributed by atoms with Gasteiger partial charge in [0, 0.05) is 36.8 Å². The second-order valence-corrected chi connectivity index (χ2v) is 8.75. The maximum atomic E-state index is 12.8. The SMILES string of the molecule is CCCc1noc(-c2cnc(C)nc2N2CCCC(C(=O)NCc3nc(C)cs3)C2)n1. The van der Waals surface area contributed by atoms with E-state index >= 15 is 0 Å². The van der Waals surface area contributed by atoms with E-state index in [1.807, 2.05) is 19.2 Å². The summed E-state index contributed by atoms with van der Waals surface area (Å²) in [6, 6.07) is 0. The van der Waals surface area contributed by atoms with Crippen molar-refractivity contribution in [2.45, 2.75) is 53.0 Å². The van der Waals surface area contributed by atoms with Crippen LogP contribution in [0.25, 0.3) is 11.5 Å². The molecule has 9 nitrogen and oxygen atoms in total. The predicted molar refractivity (Wildman–Crippen MR) is 118 cm³/mol. The van der Waals surface area contributed by atoms with E-state index in [2.05, 4.69) is 42.2 Å². The molecule has 3 aromatic rings. The highest BCUT2D eigenvalue weighted by Crippen LogP contribution is 2.31. The maximum Gasteiger partial charge on any atom is 0.263 e. The summed E-state index contributed by atoms with van der Waals surface area (Å²) in [5, 5.41) is 10.0. The number of amides is 1. The van der Waals surface area contributed by atoms with Gasteiger partial charge in [-0.15, -0.1) is 11.3 Å². The van der Waals surface area contributed by atoms with E-state index in [1.54, 1.807) is 17.5 Å². The molecule has 1 saturated heterocycles. The molecule has 0 saturated carbocycles. The molecule has 10 heteroatoms. The molecule has 0 aliphatic carbocycles. The van der Waals surface area contributed by atoms with Crippen molar-refractivity contribution in [2.24, 2.45) is 5.92 Å². The van der Waals surface area contributed by atoms with Gasteiger partial charge >= 0.3 is 0 Å². The molecule has 1 atom stereocenters. The lowest BCUT2D eigenvalue weighted by molar-refractivity contribution is -0.125. The van der Waals surface area contributed by atoms with Crippen LogP contribution in [0.15, 0.2) is 16.1 Å². The normalized spacial score (nSPS) is 16.5. The topological polar surface area (TPSA) is 110 Å². The lowest BCUT2D eigenvalue weighted by Gasteiger charge is -2.33. The smallest absolute Gasteiger partial charge is 0.263 e. The molecule has 1 unspecified atom stereocenters. The van der Waals surface area contributed by atoms with E-state index in [-0.39, 0.29) is 11.8 Å². The van der Waals surface area contributed by atoms with Crippen LogP contribution in [0, 0.1) is 19.8 Å². The van der Waals surface area contributed by atoms with Crippen molar-refractivity contribution >= 4 is 23.1 Å². The summed E-state index contributed by atoms with van der Waals surface area (Å²) in [5.74, 6) is 2.44. The number of aromatic nitrogens is 5. The summed E-state index contributed by atoms with van der Waals surface area (Å²) in [5.41, 5.74) is 1.69. The number of hydrogen-bond donors (Lipinski definition) is 1. The Morgan fingerprint density at radius 2 is 2.19 bits per heavy atom. The van der Waals surface area contributed by atoms with Crippen LogP contribution in [0.1, 0.15) is 48.5 Å². The summed E-state index contributed by atoms with van der Waals surface area (Å²) < 4.78 is 5.49. The summed E-state index contributed by atoms with van der Waals surface area (Å²) in [4.78, 5) is 32.9. The zero-order valence-electron chi connectivity index (χ0n) is 18.1. The van der Waals surface area contributed by atoms with Crippen molar-refractivity contribution in [1.82, 2.24) is 30.4 Å². The van der Waals surface area contributed by atoms with E-state index < -0.39 is 0 Å². The standard InChI is InChI=1S/C21H27N7O2S/c1-4-6-17-26-21(30-27-17)16-9-22-14(3)25-19(16)28-8-5-7-15(11-28)20(29)23-10-18-24-13(2)12-31-18/h9,12,15H,4-8,10-11H2,1-3H3,(H,23,29). The van der Waals surface area contributed by atoms with E-state index in [1.165, 1.54) is 0 Å². The van der Waals surface area contributed by atoms with Crippen molar-refractivity contribution in [3.05, 3.63) is 33.9 Å². The van der Waals surface area contributed by atoms with E-state index in [0.29, 0.717) is 36.2 Å². The summed E-state index contributed by atoms with van der Waals surface area (Å²) >= 11 is 1.57. The van der Waals surface area contributed by atoms with Gasteiger partial charge in [-0.25, -0.2) is 15.0 Å². The largest absolute Gasteiger partial charge is 0.355 e. The molecular formula is C21H27N7O2S. The van der Waals surface area contributed by atoms with Crippen molar-refractivity contribution < 1.29 is 9.32 Å². The molecule has 3 aromatic heterocycles. The van der Waals surface area contributed by atoms with Crippen LogP contribution in [-0.4, -0.2) is 44.1 Å². The third-order valence-electron chi connectivity index (χ3n) is 5.23. The van der Waals surface area contributed by atoms with Crippen LogP contribution < -0.4 is 10.2 Å². The highest BCUT2D eigenvalue weighted by molar-refractivity contribution is 7.09. The molecule has 164 valence electrons. The minimum atomic E-state index is -0.115. The fourth-order valence-corrected chi connectivity index (χ4v) is 4.42. The number of rotatable bonds is 7. The number of carbonyl (C=O) groups excluding carboxylic acids is 1. The summed E-state index contributed by atoms with van der Waals surface area (Å²) in [6.45, 7) is 7.75. The average Bonchev–Trinajstić information content (AvgIpc) is 3.41. The number of anilines is 1. The highest BCUT2D eigenvalue weighted by Gasteiger charge is 2.29. The third-order valence-corrected chi connectivity index (χ3v) is 6.20. The molecule has 1 N–H and O–H groups in total. The van der Waals surface area contributed by atoms with Gasteiger partial charge in [-0.1, -0.05) is 12.1 Å². The van der Waals surface area contributed by atoms with Gasteiger partial charge in [0.05, 0.1) is 12.5 Å². The lowest BCUT2D eigenvalue weighted by atomic mass is 9.97. The Morgan fingerprint density at radius 3 is 2.97 bits per heavy atom. The average molecular weight is 442 g/mol. The number of hydrogen-bond acceptors (Lipinski definition) is 9. The van der Waals surface area contributed by atoms with Crippen LogP contribution >= 0.6 is 11.3 Å². The third kappa shape index (κ3) is 5.07.